The highest BCUT2D eigenvalue weighted by atomic mass is 32.2. The van der Waals surface area contributed by atoms with Crippen LogP contribution in [0, 0.1) is 11.6 Å². The van der Waals surface area contributed by atoms with Crippen molar-refractivity contribution >= 4 is 22.0 Å². The lowest BCUT2D eigenvalue weighted by molar-refractivity contribution is 0.112. The van der Waals surface area contributed by atoms with Gasteiger partial charge in [0.2, 0.25) is 5.88 Å². The second-order valence-electron chi connectivity index (χ2n) is 4.12. The Morgan fingerprint density at radius 3 is 2.59 bits per heavy atom. The fraction of sp³-hybridized carbons (Fsp3) is 0.0769. The van der Waals surface area contributed by atoms with Gasteiger partial charge in [-0.05, 0) is 18.2 Å². The van der Waals surface area contributed by atoms with Crippen molar-refractivity contribution in [2.45, 2.75) is 4.90 Å². The molecule has 9 heteroatoms. The molecule has 1 aromatic heterocycles. The maximum absolute atomic E-state index is 13.6. The lowest BCUT2D eigenvalue weighted by Gasteiger charge is -2.11. The zero-order valence-electron chi connectivity index (χ0n) is 11.2. The Morgan fingerprint density at radius 2 is 2.00 bits per heavy atom. The molecule has 2 aromatic rings. The Balaban J connectivity index is 2.46. The smallest absolute Gasteiger partial charge is 0.264 e. The van der Waals surface area contributed by atoms with Crippen LogP contribution in [0.15, 0.2) is 35.4 Å². The molecule has 0 atom stereocenters. The molecule has 6 nitrogen and oxygen atoms in total. The van der Waals surface area contributed by atoms with E-state index in [0.717, 1.165) is 12.1 Å². The van der Waals surface area contributed by atoms with E-state index in [1.165, 1.54) is 19.4 Å². The Hall–Kier alpha value is -2.55. The van der Waals surface area contributed by atoms with Crippen molar-refractivity contribution in [3.8, 4) is 5.88 Å². The van der Waals surface area contributed by atoms with Gasteiger partial charge in [0.15, 0.2) is 6.29 Å². The fourth-order valence-corrected chi connectivity index (χ4v) is 2.77. The van der Waals surface area contributed by atoms with E-state index in [9.17, 15) is 22.0 Å². The van der Waals surface area contributed by atoms with E-state index in [1.807, 2.05) is 0 Å². The first-order valence-electron chi connectivity index (χ1n) is 5.84. The number of aromatic nitrogens is 1. The molecule has 1 aromatic carbocycles. The number of sulfonamides is 1. The number of pyridine rings is 1. The molecule has 22 heavy (non-hydrogen) atoms. The van der Waals surface area contributed by atoms with Crippen molar-refractivity contribution in [1.29, 1.82) is 0 Å². The highest BCUT2D eigenvalue weighted by Gasteiger charge is 2.22. The van der Waals surface area contributed by atoms with Gasteiger partial charge in [-0.1, -0.05) is 0 Å². The van der Waals surface area contributed by atoms with Gasteiger partial charge in [0, 0.05) is 17.8 Å². The second kappa shape index (κ2) is 6.06. The van der Waals surface area contributed by atoms with Crippen molar-refractivity contribution in [3.63, 3.8) is 0 Å². The lowest BCUT2D eigenvalue weighted by atomic mass is 10.3. The summed E-state index contributed by atoms with van der Waals surface area (Å²) in [6.45, 7) is 0. The average Bonchev–Trinajstić information content (AvgIpc) is 2.46. The number of nitrogens with one attached hydrogen (secondary N) is 1. The van der Waals surface area contributed by atoms with Crippen LogP contribution in [0.1, 0.15) is 10.4 Å². The van der Waals surface area contributed by atoms with Crippen LogP contribution in [0.25, 0.3) is 0 Å². The van der Waals surface area contributed by atoms with Gasteiger partial charge in [-0.15, -0.1) is 0 Å². The molecule has 0 aliphatic carbocycles. The molecule has 0 fully saturated rings. The van der Waals surface area contributed by atoms with Gasteiger partial charge in [-0.3, -0.25) is 9.52 Å². The lowest BCUT2D eigenvalue weighted by Crippen LogP contribution is -2.16. The summed E-state index contributed by atoms with van der Waals surface area (Å²) in [6.07, 6.45) is 1.64. The van der Waals surface area contributed by atoms with Crippen LogP contribution in [0.3, 0.4) is 0 Å². The van der Waals surface area contributed by atoms with Gasteiger partial charge in [0.05, 0.1) is 7.11 Å². The monoisotopic (exact) mass is 328 g/mol. The van der Waals surface area contributed by atoms with Crippen molar-refractivity contribution in [2.75, 3.05) is 11.8 Å². The first kappa shape index (κ1) is 15.8. The molecule has 0 saturated heterocycles. The van der Waals surface area contributed by atoms with E-state index in [1.54, 1.807) is 0 Å². The van der Waals surface area contributed by atoms with E-state index < -0.39 is 26.6 Å². The first-order chi connectivity index (χ1) is 10.4. The summed E-state index contributed by atoms with van der Waals surface area (Å²) in [6, 6.07) is 3.23. The predicted molar refractivity (Wildman–Crippen MR) is 73.3 cm³/mol. The van der Waals surface area contributed by atoms with Crippen LogP contribution >= 0.6 is 0 Å². The third-order valence-electron chi connectivity index (χ3n) is 2.63. The molecular formula is C13H10F2N2O4S. The molecule has 0 unspecified atom stereocenters. The molecule has 0 radical (unpaired) electrons. The number of anilines is 1. The van der Waals surface area contributed by atoms with E-state index in [0.29, 0.717) is 12.4 Å². The summed E-state index contributed by atoms with van der Waals surface area (Å²) in [7, 11) is -3.10. The number of methoxy groups -OCH3 is 1. The van der Waals surface area contributed by atoms with Crippen molar-refractivity contribution < 1.29 is 26.7 Å². The minimum Gasteiger partial charge on any atom is -0.480 e. The van der Waals surface area contributed by atoms with Crippen LogP contribution in [-0.4, -0.2) is 26.8 Å². The van der Waals surface area contributed by atoms with Crippen molar-refractivity contribution in [1.82, 2.24) is 4.98 Å². The largest absolute Gasteiger partial charge is 0.480 e. The third-order valence-corrected chi connectivity index (χ3v) is 4.03. The minimum absolute atomic E-state index is 0.0954. The molecule has 0 aliphatic rings. The van der Waals surface area contributed by atoms with Crippen LogP contribution in [0.4, 0.5) is 14.5 Å². The third kappa shape index (κ3) is 3.19. The number of hydrogen-bond donors (Lipinski definition) is 1. The van der Waals surface area contributed by atoms with Crippen LogP contribution in [0.5, 0.6) is 5.88 Å². The predicted octanol–water partition coefficient (Wildman–Crippen LogP) is 1.98. The summed E-state index contributed by atoms with van der Waals surface area (Å²) in [5.41, 5.74) is -0.0473. The summed E-state index contributed by atoms with van der Waals surface area (Å²) in [5, 5.41) is 0. The van der Waals surface area contributed by atoms with Crippen LogP contribution in [0.2, 0.25) is 0 Å². The molecule has 0 bridgehead atoms. The number of aldehydes is 1. The molecule has 0 spiro atoms. The number of ether oxygens (including phenoxy) is 1. The standard InChI is InChI=1S/C13H10F2N2O4S/c1-21-13-11(4-8(7-18)6-16-13)17-22(19,20)12-3-2-9(14)5-10(12)15/h2-7,17H,1H3. The molecule has 116 valence electrons. The number of benzene rings is 1. The number of nitrogens with zero attached hydrogens (tertiary/aromatic N) is 1. The summed E-state index contributed by atoms with van der Waals surface area (Å²) in [5.74, 6) is -2.25. The molecule has 0 amide bonds. The highest BCUT2D eigenvalue weighted by Crippen LogP contribution is 2.26. The van der Waals surface area contributed by atoms with E-state index in [-0.39, 0.29) is 17.1 Å². The van der Waals surface area contributed by atoms with Gasteiger partial charge < -0.3 is 4.74 Å². The molecule has 1 heterocycles. The van der Waals surface area contributed by atoms with Gasteiger partial charge >= 0.3 is 0 Å². The number of rotatable bonds is 5. The van der Waals surface area contributed by atoms with Crippen molar-refractivity contribution in [3.05, 3.63) is 47.7 Å². The number of hydrogen-bond acceptors (Lipinski definition) is 5. The van der Waals surface area contributed by atoms with Gasteiger partial charge in [0.25, 0.3) is 10.0 Å². The van der Waals surface area contributed by atoms with E-state index in [4.69, 9.17) is 4.74 Å². The van der Waals surface area contributed by atoms with Gasteiger partial charge in [-0.2, -0.15) is 0 Å². The highest BCUT2D eigenvalue weighted by molar-refractivity contribution is 7.92. The SMILES string of the molecule is COc1ncc(C=O)cc1NS(=O)(=O)c1ccc(F)cc1F. The van der Waals surface area contributed by atoms with Gasteiger partial charge in [-0.25, -0.2) is 22.2 Å². The summed E-state index contributed by atoms with van der Waals surface area (Å²) >= 11 is 0. The fourth-order valence-electron chi connectivity index (χ4n) is 1.66. The molecule has 0 aliphatic heterocycles. The Bertz CT molecular complexity index is 825. The topological polar surface area (TPSA) is 85.4 Å². The molecule has 0 saturated carbocycles. The maximum atomic E-state index is 13.6. The Kier molecular flexibility index (Phi) is 4.36. The van der Waals surface area contributed by atoms with Crippen LogP contribution < -0.4 is 9.46 Å². The normalized spacial score (nSPS) is 11.0. The molecule has 1 N–H and O–H groups in total. The Morgan fingerprint density at radius 1 is 1.27 bits per heavy atom. The quantitative estimate of drug-likeness (QED) is 0.848. The van der Waals surface area contributed by atoms with Crippen molar-refractivity contribution in [2.24, 2.45) is 0 Å². The zero-order chi connectivity index (χ0) is 16.3. The molecular weight excluding hydrogens is 318 g/mol. The maximum Gasteiger partial charge on any atom is 0.264 e. The zero-order valence-corrected chi connectivity index (χ0v) is 12.0. The second-order valence-corrected chi connectivity index (χ2v) is 5.77. The molecule has 2 rings (SSSR count). The van der Waals surface area contributed by atoms with Crippen LogP contribution in [-0.2, 0) is 10.0 Å². The Labute approximate surface area is 124 Å². The summed E-state index contributed by atoms with van der Waals surface area (Å²) < 4.78 is 57.7. The minimum atomic E-state index is -4.35. The first-order valence-corrected chi connectivity index (χ1v) is 7.33. The number of carbonyl (C=O) groups is 1. The van der Waals surface area contributed by atoms with Gasteiger partial charge in [0.1, 0.15) is 22.2 Å². The summed E-state index contributed by atoms with van der Waals surface area (Å²) in [4.78, 5) is 13.7. The number of halogens is 2. The average molecular weight is 328 g/mol. The van der Waals surface area contributed by atoms with E-state index in [2.05, 4.69) is 9.71 Å². The van der Waals surface area contributed by atoms with E-state index >= 15 is 0 Å². The number of carbonyl (C=O) groups excluding carboxylic acids is 1.